The Morgan fingerprint density at radius 1 is 1.35 bits per heavy atom. The lowest BCUT2D eigenvalue weighted by atomic mass is 10.3. The predicted octanol–water partition coefficient (Wildman–Crippen LogP) is 1.41. The molecule has 0 radical (unpaired) electrons. The SMILES string of the molecule is O=CNC(=O)c1cnn(-c2ccccc2)c1Cl. The summed E-state index contributed by atoms with van der Waals surface area (Å²) < 4.78 is 1.42. The lowest BCUT2D eigenvalue weighted by molar-refractivity contribution is -0.108. The van der Waals surface area contributed by atoms with Gasteiger partial charge < -0.3 is 0 Å². The molecule has 17 heavy (non-hydrogen) atoms. The summed E-state index contributed by atoms with van der Waals surface area (Å²) in [6.45, 7) is 0. The second-order valence-electron chi connectivity index (χ2n) is 3.19. The van der Waals surface area contributed by atoms with Gasteiger partial charge in [-0.15, -0.1) is 0 Å². The molecule has 1 N–H and O–H groups in total. The van der Waals surface area contributed by atoms with Crippen LogP contribution < -0.4 is 5.32 Å². The molecule has 1 aromatic heterocycles. The number of carbonyl (C=O) groups excluding carboxylic acids is 2. The number of halogens is 1. The first kappa shape index (κ1) is 11.3. The zero-order valence-corrected chi connectivity index (χ0v) is 9.39. The molecule has 0 bridgehead atoms. The van der Waals surface area contributed by atoms with E-state index in [4.69, 9.17) is 11.6 Å². The van der Waals surface area contributed by atoms with E-state index in [-0.39, 0.29) is 10.7 Å². The first-order valence-corrected chi connectivity index (χ1v) is 5.15. The Morgan fingerprint density at radius 2 is 2.06 bits per heavy atom. The number of amides is 2. The van der Waals surface area contributed by atoms with Crippen molar-refractivity contribution in [3.8, 4) is 5.69 Å². The van der Waals surface area contributed by atoms with Crippen LogP contribution in [0.15, 0.2) is 36.5 Å². The van der Waals surface area contributed by atoms with Crippen LogP contribution in [0.25, 0.3) is 5.69 Å². The number of para-hydroxylation sites is 1. The van der Waals surface area contributed by atoms with Crippen molar-refractivity contribution < 1.29 is 9.59 Å². The molecule has 0 spiro atoms. The standard InChI is InChI=1S/C11H8ClN3O2/c12-10-9(11(17)13-7-16)6-14-15(10)8-4-2-1-3-5-8/h1-7H,(H,13,16,17). The molecule has 0 atom stereocenters. The van der Waals surface area contributed by atoms with E-state index in [1.165, 1.54) is 10.9 Å². The van der Waals surface area contributed by atoms with Gasteiger partial charge in [-0.3, -0.25) is 14.9 Å². The Balaban J connectivity index is 2.40. The molecule has 2 rings (SSSR count). The molecule has 2 aromatic rings. The summed E-state index contributed by atoms with van der Waals surface area (Å²) >= 11 is 6.01. The fourth-order valence-corrected chi connectivity index (χ4v) is 1.64. The molecule has 1 aromatic carbocycles. The number of imide groups is 1. The first-order valence-electron chi connectivity index (χ1n) is 4.77. The minimum Gasteiger partial charge on any atom is -0.295 e. The summed E-state index contributed by atoms with van der Waals surface area (Å²) in [7, 11) is 0. The quantitative estimate of drug-likeness (QED) is 0.837. The summed E-state index contributed by atoms with van der Waals surface area (Å²) in [6.07, 6.45) is 1.62. The number of hydrogen-bond acceptors (Lipinski definition) is 3. The Bertz CT molecular complexity index is 551. The molecular formula is C11H8ClN3O2. The molecule has 6 heteroatoms. The first-order chi connectivity index (χ1) is 8.24. The van der Waals surface area contributed by atoms with Gasteiger partial charge in [-0.2, -0.15) is 5.10 Å². The fraction of sp³-hybridized carbons (Fsp3) is 0. The van der Waals surface area contributed by atoms with E-state index in [0.717, 1.165) is 5.69 Å². The summed E-state index contributed by atoms with van der Waals surface area (Å²) in [5, 5.41) is 6.17. The largest absolute Gasteiger partial charge is 0.295 e. The van der Waals surface area contributed by atoms with Gasteiger partial charge in [0.25, 0.3) is 5.91 Å². The van der Waals surface area contributed by atoms with Crippen LogP contribution in [0.5, 0.6) is 0 Å². The highest BCUT2D eigenvalue weighted by Crippen LogP contribution is 2.19. The van der Waals surface area contributed by atoms with Gasteiger partial charge >= 0.3 is 0 Å². The van der Waals surface area contributed by atoms with E-state index >= 15 is 0 Å². The topological polar surface area (TPSA) is 64.0 Å². The molecule has 0 saturated heterocycles. The van der Waals surface area contributed by atoms with Crippen molar-refractivity contribution in [3.63, 3.8) is 0 Å². The van der Waals surface area contributed by atoms with Gasteiger partial charge in [0.15, 0.2) is 0 Å². The van der Waals surface area contributed by atoms with Crippen molar-refractivity contribution in [1.82, 2.24) is 15.1 Å². The maximum absolute atomic E-state index is 11.4. The third-order valence-electron chi connectivity index (χ3n) is 2.15. The van der Waals surface area contributed by atoms with Crippen LogP contribution in [0.1, 0.15) is 10.4 Å². The smallest absolute Gasteiger partial charge is 0.262 e. The van der Waals surface area contributed by atoms with Crippen molar-refractivity contribution in [2.75, 3.05) is 0 Å². The molecule has 1 heterocycles. The van der Waals surface area contributed by atoms with Crippen LogP contribution in [-0.4, -0.2) is 22.1 Å². The summed E-state index contributed by atoms with van der Waals surface area (Å²) in [5.41, 5.74) is 0.894. The van der Waals surface area contributed by atoms with Crippen molar-refractivity contribution >= 4 is 23.9 Å². The van der Waals surface area contributed by atoms with Gasteiger partial charge in [0.1, 0.15) is 5.15 Å². The van der Waals surface area contributed by atoms with Crippen LogP contribution in [0.2, 0.25) is 5.15 Å². The molecular weight excluding hydrogens is 242 g/mol. The average molecular weight is 250 g/mol. The Labute approximate surface area is 102 Å². The normalized spacial score (nSPS) is 9.94. The van der Waals surface area contributed by atoms with Crippen LogP contribution in [0.4, 0.5) is 0 Å². The molecule has 2 amide bonds. The fourth-order valence-electron chi connectivity index (χ4n) is 1.37. The molecule has 86 valence electrons. The zero-order valence-electron chi connectivity index (χ0n) is 8.63. The maximum atomic E-state index is 11.4. The number of rotatable bonds is 3. The Kier molecular flexibility index (Phi) is 3.20. The summed E-state index contributed by atoms with van der Waals surface area (Å²) in [4.78, 5) is 21.6. The van der Waals surface area contributed by atoms with Crippen molar-refractivity contribution in [1.29, 1.82) is 0 Å². The molecule has 0 unspecified atom stereocenters. The van der Waals surface area contributed by atoms with Gasteiger partial charge in [-0.25, -0.2) is 4.68 Å². The summed E-state index contributed by atoms with van der Waals surface area (Å²) in [6, 6.07) is 9.14. The highest BCUT2D eigenvalue weighted by Gasteiger charge is 2.15. The van der Waals surface area contributed by atoms with E-state index in [9.17, 15) is 9.59 Å². The lowest BCUT2D eigenvalue weighted by Crippen LogP contribution is -2.21. The third-order valence-corrected chi connectivity index (χ3v) is 2.51. The molecule has 0 aliphatic carbocycles. The van der Waals surface area contributed by atoms with E-state index in [1.54, 1.807) is 12.1 Å². The van der Waals surface area contributed by atoms with E-state index in [2.05, 4.69) is 5.10 Å². The van der Waals surface area contributed by atoms with Gasteiger partial charge in [0, 0.05) is 0 Å². The monoisotopic (exact) mass is 249 g/mol. The minimum atomic E-state index is -0.577. The van der Waals surface area contributed by atoms with Gasteiger partial charge in [0.2, 0.25) is 6.41 Å². The van der Waals surface area contributed by atoms with Gasteiger partial charge in [0.05, 0.1) is 17.4 Å². The number of hydrogen-bond donors (Lipinski definition) is 1. The minimum absolute atomic E-state index is 0.155. The molecule has 0 fully saturated rings. The van der Waals surface area contributed by atoms with Crippen LogP contribution >= 0.6 is 11.6 Å². The number of carbonyl (C=O) groups is 2. The second kappa shape index (κ2) is 4.80. The van der Waals surface area contributed by atoms with Crippen molar-refractivity contribution in [3.05, 3.63) is 47.2 Å². The molecule has 5 nitrogen and oxygen atoms in total. The zero-order chi connectivity index (χ0) is 12.3. The highest BCUT2D eigenvalue weighted by atomic mass is 35.5. The number of aromatic nitrogens is 2. The molecule has 0 aliphatic heterocycles. The predicted molar refractivity (Wildman–Crippen MR) is 62.1 cm³/mol. The van der Waals surface area contributed by atoms with Crippen molar-refractivity contribution in [2.24, 2.45) is 0 Å². The lowest BCUT2D eigenvalue weighted by Gasteiger charge is -2.02. The highest BCUT2D eigenvalue weighted by molar-refractivity contribution is 6.33. The molecule has 0 aliphatic rings. The van der Waals surface area contributed by atoms with E-state index in [1.807, 2.05) is 23.5 Å². The number of nitrogens with one attached hydrogen (secondary N) is 1. The Morgan fingerprint density at radius 3 is 2.71 bits per heavy atom. The Hall–Kier alpha value is -2.14. The van der Waals surface area contributed by atoms with Crippen LogP contribution in [0.3, 0.4) is 0 Å². The average Bonchev–Trinajstić information content (AvgIpc) is 2.72. The van der Waals surface area contributed by atoms with Crippen molar-refractivity contribution in [2.45, 2.75) is 0 Å². The number of nitrogens with zero attached hydrogens (tertiary/aromatic N) is 2. The third kappa shape index (κ3) is 2.19. The maximum Gasteiger partial charge on any atom is 0.262 e. The summed E-state index contributed by atoms with van der Waals surface area (Å²) in [5.74, 6) is -0.577. The van der Waals surface area contributed by atoms with Crippen LogP contribution in [0, 0.1) is 0 Å². The number of benzene rings is 1. The van der Waals surface area contributed by atoms with Gasteiger partial charge in [-0.1, -0.05) is 29.8 Å². The van der Waals surface area contributed by atoms with E-state index in [0.29, 0.717) is 6.41 Å². The van der Waals surface area contributed by atoms with Gasteiger partial charge in [-0.05, 0) is 12.1 Å². The van der Waals surface area contributed by atoms with Crippen LogP contribution in [-0.2, 0) is 4.79 Å². The molecule has 0 saturated carbocycles. The second-order valence-corrected chi connectivity index (χ2v) is 3.55. The van der Waals surface area contributed by atoms with E-state index < -0.39 is 5.91 Å².